The van der Waals surface area contributed by atoms with E-state index in [-0.39, 0.29) is 11.5 Å². The Hall–Kier alpha value is -2.50. The van der Waals surface area contributed by atoms with Crippen molar-refractivity contribution >= 4 is 11.8 Å². The van der Waals surface area contributed by atoms with Crippen molar-refractivity contribution in [2.45, 2.75) is 20.3 Å². The van der Waals surface area contributed by atoms with Crippen molar-refractivity contribution in [3.05, 3.63) is 53.2 Å². The standard InChI is InChI=1S/C16H18FN3O2/c1-10(2)9-18-14-8-13(16(21)22)19-15(20-14)7-11-3-5-12(17)6-4-11/h3-6,8,10H,7,9H2,1-2H3,(H,21,22)(H,18,19,20). The molecule has 0 atom stereocenters. The van der Waals surface area contributed by atoms with E-state index in [1.165, 1.54) is 18.2 Å². The fraction of sp³-hybridized carbons (Fsp3) is 0.312. The zero-order valence-corrected chi connectivity index (χ0v) is 12.5. The summed E-state index contributed by atoms with van der Waals surface area (Å²) in [5.41, 5.74) is 0.761. The van der Waals surface area contributed by atoms with Gasteiger partial charge in [-0.15, -0.1) is 0 Å². The lowest BCUT2D eigenvalue weighted by Crippen LogP contribution is -2.13. The third kappa shape index (κ3) is 4.51. The van der Waals surface area contributed by atoms with Gasteiger partial charge in [0.2, 0.25) is 0 Å². The van der Waals surface area contributed by atoms with Gasteiger partial charge in [-0.3, -0.25) is 0 Å². The maximum atomic E-state index is 12.9. The molecule has 0 radical (unpaired) electrons. The van der Waals surface area contributed by atoms with E-state index in [9.17, 15) is 9.18 Å². The Balaban J connectivity index is 2.25. The second kappa shape index (κ2) is 6.98. The van der Waals surface area contributed by atoms with Crippen molar-refractivity contribution in [3.8, 4) is 0 Å². The van der Waals surface area contributed by atoms with E-state index < -0.39 is 5.97 Å². The highest BCUT2D eigenvalue weighted by Crippen LogP contribution is 2.12. The fourth-order valence-corrected chi connectivity index (χ4v) is 1.87. The summed E-state index contributed by atoms with van der Waals surface area (Å²) < 4.78 is 12.9. The Morgan fingerprint density at radius 3 is 2.55 bits per heavy atom. The average molecular weight is 303 g/mol. The van der Waals surface area contributed by atoms with E-state index in [0.717, 1.165) is 5.56 Å². The summed E-state index contributed by atoms with van der Waals surface area (Å²) in [6.07, 6.45) is 0.345. The van der Waals surface area contributed by atoms with Gasteiger partial charge in [0.05, 0.1) is 0 Å². The fourth-order valence-electron chi connectivity index (χ4n) is 1.87. The van der Waals surface area contributed by atoms with Gasteiger partial charge >= 0.3 is 5.97 Å². The van der Waals surface area contributed by atoms with E-state index in [1.54, 1.807) is 12.1 Å². The molecule has 0 spiro atoms. The first kappa shape index (κ1) is 15.9. The predicted molar refractivity (Wildman–Crippen MR) is 81.5 cm³/mol. The van der Waals surface area contributed by atoms with Crippen LogP contribution in [0.5, 0.6) is 0 Å². The van der Waals surface area contributed by atoms with Crippen molar-refractivity contribution in [2.75, 3.05) is 11.9 Å². The van der Waals surface area contributed by atoms with Crippen LogP contribution in [-0.4, -0.2) is 27.6 Å². The largest absolute Gasteiger partial charge is 0.477 e. The van der Waals surface area contributed by atoms with E-state index >= 15 is 0 Å². The number of hydrogen-bond acceptors (Lipinski definition) is 4. The number of halogens is 1. The van der Waals surface area contributed by atoms with Gasteiger partial charge < -0.3 is 10.4 Å². The Kier molecular flexibility index (Phi) is 5.04. The molecule has 2 N–H and O–H groups in total. The molecule has 0 aliphatic carbocycles. The highest BCUT2D eigenvalue weighted by Gasteiger charge is 2.11. The molecule has 1 aromatic carbocycles. The van der Waals surface area contributed by atoms with Crippen molar-refractivity contribution in [1.82, 2.24) is 9.97 Å². The minimum absolute atomic E-state index is 0.0571. The number of carboxylic acids is 1. The second-order valence-corrected chi connectivity index (χ2v) is 5.44. The summed E-state index contributed by atoms with van der Waals surface area (Å²) in [5.74, 6) is -0.140. The van der Waals surface area contributed by atoms with Gasteiger partial charge in [0.15, 0.2) is 5.69 Å². The van der Waals surface area contributed by atoms with Gasteiger partial charge in [0, 0.05) is 19.0 Å². The van der Waals surface area contributed by atoms with Crippen LogP contribution in [0.4, 0.5) is 10.2 Å². The number of benzene rings is 1. The molecule has 116 valence electrons. The van der Waals surface area contributed by atoms with Crippen LogP contribution in [0, 0.1) is 11.7 Å². The first-order valence-corrected chi connectivity index (χ1v) is 7.03. The van der Waals surface area contributed by atoms with Gasteiger partial charge in [-0.2, -0.15) is 0 Å². The number of nitrogens with zero attached hydrogens (tertiary/aromatic N) is 2. The van der Waals surface area contributed by atoms with Crippen LogP contribution in [0.3, 0.4) is 0 Å². The molecular weight excluding hydrogens is 285 g/mol. The van der Waals surface area contributed by atoms with Crippen LogP contribution in [0.15, 0.2) is 30.3 Å². The van der Waals surface area contributed by atoms with Crippen LogP contribution in [-0.2, 0) is 6.42 Å². The maximum absolute atomic E-state index is 12.9. The van der Waals surface area contributed by atoms with Gasteiger partial charge in [-0.05, 0) is 23.6 Å². The molecule has 0 aliphatic heterocycles. The lowest BCUT2D eigenvalue weighted by molar-refractivity contribution is 0.0690. The van der Waals surface area contributed by atoms with Gasteiger partial charge in [-0.1, -0.05) is 26.0 Å². The lowest BCUT2D eigenvalue weighted by Gasteiger charge is -2.10. The monoisotopic (exact) mass is 303 g/mol. The Morgan fingerprint density at radius 2 is 1.95 bits per heavy atom. The minimum atomic E-state index is -1.10. The number of nitrogens with one attached hydrogen (secondary N) is 1. The number of hydrogen-bond donors (Lipinski definition) is 2. The van der Waals surface area contributed by atoms with Crippen LogP contribution >= 0.6 is 0 Å². The molecule has 0 bridgehead atoms. The summed E-state index contributed by atoms with van der Waals surface area (Å²) in [6.45, 7) is 4.78. The Morgan fingerprint density at radius 1 is 1.27 bits per heavy atom. The maximum Gasteiger partial charge on any atom is 0.354 e. The second-order valence-electron chi connectivity index (χ2n) is 5.44. The number of carbonyl (C=O) groups is 1. The normalized spacial score (nSPS) is 10.7. The van der Waals surface area contributed by atoms with Crippen LogP contribution in [0.2, 0.25) is 0 Å². The summed E-state index contributed by atoms with van der Waals surface area (Å²) in [5, 5.41) is 12.2. The van der Waals surface area contributed by atoms with Crippen molar-refractivity contribution in [2.24, 2.45) is 5.92 Å². The summed E-state index contributed by atoms with van der Waals surface area (Å²) in [6, 6.07) is 7.39. The minimum Gasteiger partial charge on any atom is -0.477 e. The van der Waals surface area contributed by atoms with Crippen LogP contribution in [0.25, 0.3) is 0 Å². The van der Waals surface area contributed by atoms with Gasteiger partial charge in [0.1, 0.15) is 17.5 Å². The zero-order chi connectivity index (χ0) is 16.1. The molecule has 0 unspecified atom stereocenters. The number of aromatic nitrogens is 2. The molecule has 0 aliphatic rings. The molecule has 2 aromatic rings. The molecule has 6 heteroatoms. The first-order chi connectivity index (χ1) is 10.4. The summed E-state index contributed by atoms with van der Waals surface area (Å²) >= 11 is 0. The lowest BCUT2D eigenvalue weighted by atomic mass is 10.1. The average Bonchev–Trinajstić information content (AvgIpc) is 2.47. The number of anilines is 1. The Bertz CT molecular complexity index is 657. The molecule has 1 aromatic heterocycles. The predicted octanol–water partition coefficient (Wildman–Crippen LogP) is 2.97. The van der Waals surface area contributed by atoms with Gasteiger partial charge in [0.25, 0.3) is 0 Å². The van der Waals surface area contributed by atoms with E-state index in [2.05, 4.69) is 15.3 Å². The molecule has 0 saturated carbocycles. The van der Waals surface area contributed by atoms with Crippen LogP contribution in [0.1, 0.15) is 35.7 Å². The molecule has 22 heavy (non-hydrogen) atoms. The van der Waals surface area contributed by atoms with Crippen molar-refractivity contribution in [3.63, 3.8) is 0 Å². The molecule has 0 fully saturated rings. The van der Waals surface area contributed by atoms with Crippen molar-refractivity contribution in [1.29, 1.82) is 0 Å². The molecule has 0 saturated heterocycles. The van der Waals surface area contributed by atoms with E-state index in [0.29, 0.717) is 30.5 Å². The molecule has 5 nitrogen and oxygen atoms in total. The van der Waals surface area contributed by atoms with Gasteiger partial charge in [-0.25, -0.2) is 19.2 Å². The third-order valence-electron chi connectivity index (χ3n) is 2.96. The quantitative estimate of drug-likeness (QED) is 0.858. The summed E-state index contributed by atoms with van der Waals surface area (Å²) in [4.78, 5) is 19.5. The third-order valence-corrected chi connectivity index (χ3v) is 2.96. The molecule has 1 heterocycles. The highest BCUT2D eigenvalue weighted by molar-refractivity contribution is 5.86. The molecular formula is C16H18FN3O2. The van der Waals surface area contributed by atoms with E-state index in [4.69, 9.17) is 5.11 Å². The SMILES string of the molecule is CC(C)CNc1cc(C(=O)O)nc(Cc2ccc(F)cc2)n1. The topological polar surface area (TPSA) is 75.1 Å². The smallest absolute Gasteiger partial charge is 0.354 e. The molecule has 2 rings (SSSR count). The van der Waals surface area contributed by atoms with Crippen molar-refractivity contribution < 1.29 is 14.3 Å². The van der Waals surface area contributed by atoms with Crippen LogP contribution < -0.4 is 5.32 Å². The highest BCUT2D eigenvalue weighted by atomic mass is 19.1. The van der Waals surface area contributed by atoms with E-state index in [1.807, 2.05) is 13.8 Å². The number of aromatic carboxylic acids is 1. The summed E-state index contributed by atoms with van der Waals surface area (Å²) in [7, 11) is 0. The first-order valence-electron chi connectivity index (χ1n) is 7.03. The molecule has 0 amide bonds. The number of rotatable bonds is 6. The number of carboxylic acid groups (broad SMARTS) is 1. The zero-order valence-electron chi connectivity index (χ0n) is 12.5. The Labute approximate surface area is 128 Å².